The second-order valence-electron chi connectivity index (χ2n) is 9.02. The van der Waals surface area contributed by atoms with Gasteiger partial charge in [0.25, 0.3) is 0 Å². The van der Waals surface area contributed by atoms with Gasteiger partial charge in [-0.05, 0) is 80.8 Å². The second-order valence-corrected chi connectivity index (χ2v) is 10.3. The van der Waals surface area contributed by atoms with Gasteiger partial charge in [-0.1, -0.05) is 0 Å². The first-order valence-electron chi connectivity index (χ1n) is 10.1. The van der Waals surface area contributed by atoms with Crippen LogP contribution >= 0.6 is 11.3 Å². The van der Waals surface area contributed by atoms with Crippen molar-refractivity contribution in [3.63, 3.8) is 0 Å². The van der Waals surface area contributed by atoms with E-state index in [0.717, 1.165) is 22.6 Å². The number of hydrazine groups is 1. The summed E-state index contributed by atoms with van der Waals surface area (Å²) in [5.41, 5.74) is 5.23. The molecule has 0 aromatic carbocycles. The van der Waals surface area contributed by atoms with Crippen LogP contribution in [0.15, 0.2) is 12.1 Å². The van der Waals surface area contributed by atoms with Crippen LogP contribution in [0, 0.1) is 30.1 Å². The molecule has 4 fully saturated rings. The van der Waals surface area contributed by atoms with E-state index in [0.29, 0.717) is 11.3 Å². The third-order valence-corrected chi connectivity index (χ3v) is 7.68. The fourth-order valence-corrected chi connectivity index (χ4v) is 6.86. The first-order valence-corrected chi connectivity index (χ1v) is 10.9. The van der Waals surface area contributed by atoms with E-state index in [9.17, 15) is 14.4 Å². The van der Waals surface area contributed by atoms with Crippen molar-refractivity contribution >= 4 is 28.9 Å². The summed E-state index contributed by atoms with van der Waals surface area (Å²) in [5.74, 6) is 2.01. The SMILES string of the molecule is Cc1ccc(C(=O)CCC(=O)NNC(=O)CC23CC4CC(CC(C4)C2)C3)s1. The van der Waals surface area contributed by atoms with E-state index in [1.807, 2.05) is 13.0 Å². The van der Waals surface area contributed by atoms with E-state index >= 15 is 0 Å². The zero-order valence-electron chi connectivity index (χ0n) is 15.9. The fourth-order valence-electron chi connectivity index (χ4n) is 6.03. The normalized spacial score (nSPS) is 30.9. The summed E-state index contributed by atoms with van der Waals surface area (Å²) in [6.45, 7) is 1.95. The number of amides is 2. The lowest BCUT2D eigenvalue weighted by atomic mass is 9.49. The Morgan fingerprint density at radius 2 is 1.56 bits per heavy atom. The third kappa shape index (κ3) is 4.26. The lowest BCUT2D eigenvalue weighted by Gasteiger charge is -2.56. The molecule has 146 valence electrons. The van der Waals surface area contributed by atoms with Gasteiger partial charge in [-0.25, -0.2) is 0 Å². The standard InChI is InChI=1S/C21H28N2O3S/c1-13-2-4-18(27-13)17(24)3-5-19(25)22-23-20(26)12-21-9-14-6-15(10-21)8-16(7-14)11-21/h2,4,14-16H,3,5-12H2,1H3,(H,22,25)(H,23,26). The number of thiophene rings is 1. The lowest BCUT2D eigenvalue weighted by molar-refractivity contribution is -0.134. The molecule has 4 aliphatic carbocycles. The van der Waals surface area contributed by atoms with Crippen LogP contribution in [0.3, 0.4) is 0 Å². The minimum atomic E-state index is -0.310. The highest BCUT2D eigenvalue weighted by Gasteiger charge is 2.51. The highest BCUT2D eigenvalue weighted by atomic mass is 32.1. The zero-order valence-corrected chi connectivity index (χ0v) is 16.7. The van der Waals surface area contributed by atoms with Crippen LogP contribution in [0.5, 0.6) is 0 Å². The molecule has 1 aromatic rings. The van der Waals surface area contributed by atoms with Gasteiger partial charge < -0.3 is 0 Å². The van der Waals surface area contributed by atoms with Crippen molar-refractivity contribution in [1.29, 1.82) is 0 Å². The highest BCUT2D eigenvalue weighted by molar-refractivity contribution is 7.14. The molecule has 1 aromatic heterocycles. The van der Waals surface area contributed by atoms with Crippen LogP contribution < -0.4 is 10.9 Å². The van der Waals surface area contributed by atoms with Crippen molar-refractivity contribution in [2.75, 3.05) is 0 Å². The van der Waals surface area contributed by atoms with Crippen LogP contribution in [0.4, 0.5) is 0 Å². The molecule has 5 rings (SSSR count). The predicted molar refractivity (Wildman–Crippen MR) is 104 cm³/mol. The molecule has 5 nitrogen and oxygen atoms in total. The van der Waals surface area contributed by atoms with Gasteiger partial charge in [-0.3, -0.25) is 25.2 Å². The summed E-state index contributed by atoms with van der Waals surface area (Å²) in [4.78, 5) is 38.2. The molecule has 6 heteroatoms. The van der Waals surface area contributed by atoms with E-state index in [4.69, 9.17) is 0 Å². The van der Waals surface area contributed by atoms with E-state index < -0.39 is 0 Å². The minimum absolute atomic E-state index is 0.0249. The van der Waals surface area contributed by atoms with Gasteiger partial charge in [-0.2, -0.15) is 0 Å². The minimum Gasteiger partial charge on any atom is -0.293 e. The smallest absolute Gasteiger partial charge is 0.238 e. The fraction of sp³-hybridized carbons (Fsp3) is 0.667. The molecular formula is C21H28N2O3S. The third-order valence-electron chi connectivity index (χ3n) is 6.64. The summed E-state index contributed by atoms with van der Waals surface area (Å²) in [6.07, 6.45) is 8.37. The number of hydrogen-bond acceptors (Lipinski definition) is 4. The Morgan fingerprint density at radius 1 is 0.963 bits per heavy atom. The van der Waals surface area contributed by atoms with Crippen LogP contribution in [0.25, 0.3) is 0 Å². The van der Waals surface area contributed by atoms with Crippen molar-refractivity contribution in [3.05, 3.63) is 21.9 Å². The topological polar surface area (TPSA) is 75.3 Å². The average Bonchev–Trinajstić information content (AvgIpc) is 3.03. The molecule has 4 bridgehead atoms. The molecule has 27 heavy (non-hydrogen) atoms. The van der Waals surface area contributed by atoms with Gasteiger partial charge in [0.05, 0.1) is 4.88 Å². The Hall–Kier alpha value is -1.69. The molecule has 0 unspecified atom stereocenters. The maximum absolute atomic E-state index is 12.4. The number of nitrogens with one attached hydrogen (secondary N) is 2. The molecule has 4 saturated carbocycles. The van der Waals surface area contributed by atoms with Gasteiger partial charge in [0.2, 0.25) is 11.8 Å². The number of aryl methyl sites for hydroxylation is 1. The number of Topliss-reactive ketones (excluding diaryl/α,β-unsaturated/α-hetero) is 1. The molecular weight excluding hydrogens is 360 g/mol. The Bertz CT molecular complexity index is 719. The summed E-state index contributed by atoms with van der Waals surface area (Å²) in [7, 11) is 0. The van der Waals surface area contributed by atoms with E-state index in [1.54, 1.807) is 6.07 Å². The monoisotopic (exact) mass is 388 g/mol. The number of carbonyl (C=O) groups is 3. The highest BCUT2D eigenvalue weighted by Crippen LogP contribution is 2.61. The zero-order chi connectivity index (χ0) is 19.0. The molecule has 2 N–H and O–H groups in total. The molecule has 0 aliphatic heterocycles. The van der Waals surface area contributed by atoms with Crippen molar-refractivity contribution in [2.24, 2.45) is 23.2 Å². The maximum Gasteiger partial charge on any atom is 0.238 e. The molecule has 1 heterocycles. The first-order chi connectivity index (χ1) is 12.9. The predicted octanol–water partition coefficient (Wildman–Crippen LogP) is 3.77. The Kier molecular flexibility index (Phi) is 5.10. The summed E-state index contributed by atoms with van der Waals surface area (Å²) in [5, 5.41) is 0. The van der Waals surface area contributed by atoms with Crippen LogP contribution in [0.1, 0.15) is 72.3 Å². The Morgan fingerprint density at radius 3 is 2.11 bits per heavy atom. The molecule has 0 spiro atoms. The first kappa shape index (κ1) is 18.7. The van der Waals surface area contributed by atoms with Crippen molar-refractivity contribution in [3.8, 4) is 0 Å². The van der Waals surface area contributed by atoms with E-state index in [2.05, 4.69) is 10.9 Å². The van der Waals surface area contributed by atoms with Crippen molar-refractivity contribution in [1.82, 2.24) is 10.9 Å². The quantitative estimate of drug-likeness (QED) is 0.575. The van der Waals surface area contributed by atoms with E-state index in [1.165, 1.54) is 49.9 Å². The molecule has 4 aliphatic rings. The Balaban J connectivity index is 1.20. The van der Waals surface area contributed by atoms with E-state index in [-0.39, 0.29) is 35.9 Å². The van der Waals surface area contributed by atoms with Gasteiger partial charge in [0.1, 0.15) is 0 Å². The molecule has 0 saturated heterocycles. The summed E-state index contributed by atoms with van der Waals surface area (Å²) >= 11 is 1.45. The number of rotatable bonds is 6. The van der Waals surface area contributed by atoms with Gasteiger partial charge in [0, 0.05) is 24.1 Å². The van der Waals surface area contributed by atoms with Crippen molar-refractivity contribution < 1.29 is 14.4 Å². The largest absolute Gasteiger partial charge is 0.293 e. The van der Waals surface area contributed by atoms with Gasteiger partial charge in [0.15, 0.2) is 5.78 Å². The molecule has 2 amide bonds. The van der Waals surface area contributed by atoms with Crippen LogP contribution in [-0.4, -0.2) is 17.6 Å². The van der Waals surface area contributed by atoms with Crippen molar-refractivity contribution in [2.45, 2.75) is 64.7 Å². The van der Waals surface area contributed by atoms with Crippen LogP contribution in [-0.2, 0) is 9.59 Å². The van der Waals surface area contributed by atoms with Crippen LogP contribution in [0.2, 0.25) is 0 Å². The number of carbonyl (C=O) groups excluding carboxylic acids is 3. The lowest BCUT2D eigenvalue weighted by Crippen LogP contribution is -2.50. The summed E-state index contributed by atoms with van der Waals surface area (Å²) < 4.78 is 0. The Labute approximate surface area is 164 Å². The molecule has 0 radical (unpaired) electrons. The second kappa shape index (κ2) is 7.38. The number of hydrogen-bond donors (Lipinski definition) is 2. The summed E-state index contributed by atoms with van der Waals surface area (Å²) in [6, 6.07) is 3.70. The average molecular weight is 389 g/mol. The van der Waals surface area contributed by atoms with Gasteiger partial charge in [-0.15, -0.1) is 11.3 Å². The molecule has 0 atom stereocenters. The van der Waals surface area contributed by atoms with Gasteiger partial charge >= 0.3 is 0 Å². The maximum atomic E-state index is 12.4. The number of ketones is 1.